The quantitative estimate of drug-likeness (QED) is 0.886. The largest absolute Gasteiger partial charge is 0.326 e. The summed E-state index contributed by atoms with van der Waals surface area (Å²) in [5.74, 6) is -0.354. The molecule has 94 valence electrons. The molecule has 1 aromatic carbocycles. The van der Waals surface area contributed by atoms with Gasteiger partial charge in [-0.2, -0.15) is 5.10 Å². The molecule has 0 unspecified atom stereocenters. The van der Waals surface area contributed by atoms with Gasteiger partial charge >= 0.3 is 0 Å². The van der Waals surface area contributed by atoms with Gasteiger partial charge in [0.1, 0.15) is 5.82 Å². The number of hydrogen-bond donors (Lipinski definition) is 1. The Bertz CT molecular complexity index is 622. The first-order valence-electron chi connectivity index (χ1n) is 5.60. The highest BCUT2D eigenvalue weighted by Gasteiger charge is 2.03. The smallest absolute Gasteiger partial charge is 0.267 e. The lowest BCUT2D eigenvalue weighted by Gasteiger charge is -2.07. The SMILES string of the molecule is Cc1cnn(Cc2cc(F)cc(CN)c2)c(=O)c1. The molecule has 0 aliphatic carbocycles. The van der Waals surface area contributed by atoms with Crippen molar-refractivity contribution >= 4 is 0 Å². The number of aromatic nitrogens is 2. The maximum absolute atomic E-state index is 13.3. The molecule has 0 aliphatic heterocycles. The molecule has 0 saturated carbocycles. The van der Waals surface area contributed by atoms with E-state index in [1.807, 2.05) is 0 Å². The Morgan fingerprint density at radius 1 is 1.28 bits per heavy atom. The van der Waals surface area contributed by atoms with Crippen LogP contribution >= 0.6 is 0 Å². The predicted molar refractivity (Wildman–Crippen MR) is 66.6 cm³/mol. The van der Waals surface area contributed by atoms with Crippen LogP contribution in [-0.2, 0) is 13.1 Å². The molecule has 0 radical (unpaired) electrons. The van der Waals surface area contributed by atoms with Crippen LogP contribution in [0.15, 0.2) is 35.3 Å². The molecule has 0 aliphatic rings. The van der Waals surface area contributed by atoms with Crippen molar-refractivity contribution in [3.8, 4) is 0 Å². The lowest BCUT2D eigenvalue weighted by Crippen LogP contribution is -2.22. The van der Waals surface area contributed by atoms with Gasteiger partial charge in [0.15, 0.2) is 0 Å². The van der Waals surface area contributed by atoms with Crippen molar-refractivity contribution in [3.05, 3.63) is 63.3 Å². The van der Waals surface area contributed by atoms with Gasteiger partial charge in [0.05, 0.1) is 12.7 Å². The summed E-state index contributed by atoms with van der Waals surface area (Å²) >= 11 is 0. The van der Waals surface area contributed by atoms with Crippen LogP contribution in [0.25, 0.3) is 0 Å². The molecule has 1 heterocycles. The summed E-state index contributed by atoms with van der Waals surface area (Å²) in [6.45, 7) is 2.30. The molecule has 2 N–H and O–H groups in total. The Balaban J connectivity index is 2.33. The van der Waals surface area contributed by atoms with Crippen LogP contribution in [0.3, 0.4) is 0 Å². The molecule has 0 amide bonds. The van der Waals surface area contributed by atoms with Crippen LogP contribution in [0.2, 0.25) is 0 Å². The van der Waals surface area contributed by atoms with E-state index in [2.05, 4.69) is 5.10 Å². The van der Waals surface area contributed by atoms with Gasteiger partial charge in [0.25, 0.3) is 5.56 Å². The first-order chi connectivity index (χ1) is 8.58. The number of hydrogen-bond acceptors (Lipinski definition) is 3. The average molecular weight is 247 g/mol. The van der Waals surface area contributed by atoms with Gasteiger partial charge in [-0.1, -0.05) is 6.07 Å². The van der Waals surface area contributed by atoms with E-state index in [1.54, 1.807) is 19.2 Å². The first-order valence-corrected chi connectivity index (χ1v) is 5.60. The number of rotatable bonds is 3. The van der Waals surface area contributed by atoms with Gasteiger partial charge in [-0.3, -0.25) is 4.79 Å². The van der Waals surface area contributed by atoms with E-state index in [9.17, 15) is 9.18 Å². The van der Waals surface area contributed by atoms with Crippen molar-refractivity contribution in [2.45, 2.75) is 20.0 Å². The maximum atomic E-state index is 13.3. The molecule has 2 aromatic rings. The summed E-state index contributed by atoms with van der Waals surface area (Å²) in [5, 5.41) is 4.01. The minimum absolute atomic E-state index is 0.200. The highest BCUT2D eigenvalue weighted by molar-refractivity contribution is 5.24. The molecule has 18 heavy (non-hydrogen) atoms. The summed E-state index contributed by atoms with van der Waals surface area (Å²) in [7, 11) is 0. The third kappa shape index (κ3) is 2.81. The Morgan fingerprint density at radius 2 is 2.00 bits per heavy atom. The standard InChI is InChI=1S/C13H14FN3O/c1-9-2-13(18)17(16-7-9)8-11-3-10(6-15)4-12(14)5-11/h2-5,7H,6,8,15H2,1H3. The van der Waals surface area contributed by atoms with Crippen LogP contribution in [0.5, 0.6) is 0 Å². The fourth-order valence-corrected chi connectivity index (χ4v) is 1.74. The number of benzene rings is 1. The second-order valence-electron chi connectivity index (χ2n) is 4.20. The third-order valence-corrected chi connectivity index (χ3v) is 2.59. The van der Waals surface area contributed by atoms with Gasteiger partial charge in [-0.05, 0) is 35.7 Å². The van der Waals surface area contributed by atoms with E-state index in [-0.39, 0.29) is 24.5 Å². The van der Waals surface area contributed by atoms with Crippen LogP contribution in [-0.4, -0.2) is 9.78 Å². The van der Waals surface area contributed by atoms with Crippen molar-refractivity contribution in [1.82, 2.24) is 9.78 Å². The maximum Gasteiger partial charge on any atom is 0.267 e. The van der Waals surface area contributed by atoms with Crippen LogP contribution < -0.4 is 11.3 Å². The normalized spacial score (nSPS) is 10.6. The van der Waals surface area contributed by atoms with Gasteiger partial charge in [-0.15, -0.1) is 0 Å². The lowest BCUT2D eigenvalue weighted by molar-refractivity contribution is 0.607. The van der Waals surface area contributed by atoms with E-state index in [1.165, 1.54) is 22.9 Å². The fraction of sp³-hybridized carbons (Fsp3) is 0.231. The second-order valence-corrected chi connectivity index (χ2v) is 4.20. The Hall–Kier alpha value is -2.01. The highest BCUT2D eigenvalue weighted by atomic mass is 19.1. The predicted octanol–water partition coefficient (Wildman–Crippen LogP) is 1.20. The zero-order valence-electron chi connectivity index (χ0n) is 10.1. The first kappa shape index (κ1) is 12.4. The highest BCUT2D eigenvalue weighted by Crippen LogP contribution is 2.09. The second kappa shape index (κ2) is 5.10. The summed E-state index contributed by atoms with van der Waals surface area (Å²) in [6.07, 6.45) is 1.60. The minimum Gasteiger partial charge on any atom is -0.326 e. The number of nitrogens with zero attached hydrogens (tertiary/aromatic N) is 2. The van der Waals surface area contributed by atoms with Crippen molar-refractivity contribution in [2.75, 3.05) is 0 Å². The number of halogens is 1. The fourth-order valence-electron chi connectivity index (χ4n) is 1.74. The van der Waals surface area contributed by atoms with Crippen molar-refractivity contribution in [2.24, 2.45) is 5.73 Å². The zero-order valence-corrected chi connectivity index (χ0v) is 10.1. The molecule has 0 bridgehead atoms. The van der Waals surface area contributed by atoms with E-state index in [4.69, 9.17) is 5.73 Å². The molecule has 5 heteroatoms. The Labute approximate surface area is 104 Å². The molecule has 4 nitrogen and oxygen atoms in total. The monoisotopic (exact) mass is 247 g/mol. The van der Waals surface area contributed by atoms with Crippen LogP contribution in [0.1, 0.15) is 16.7 Å². The van der Waals surface area contributed by atoms with Gasteiger partial charge in [-0.25, -0.2) is 9.07 Å². The topological polar surface area (TPSA) is 60.9 Å². The molecule has 0 spiro atoms. The zero-order chi connectivity index (χ0) is 13.1. The van der Waals surface area contributed by atoms with E-state index in [0.717, 1.165) is 5.56 Å². The van der Waals surface area contributed by atoms with Crippen LogP contribution in [0, 0.1) is 12.7 Å². The number of nitrogens with two attached hydrogens (primary N) is 1. The molecule has 2 rings (SSSR count). The average Bonchev–Trinajstić information content (AvgIpc) is 2.32. The van der Waals surface area contributed by atoms with Gasteiger partial charge < -0.3 is 5.73 Å². The Morgan fingerprint density at radius 3 is 2.67 bits per heavy atom. The van der Waals surface area contributed by atoms with Crippen molar-refractivity contribution in [3.63, 3.8) is 0 Å². The summed E-state index contributed by atoms with van der Waals surface area (Å²) in [6, 6.07) is 6.04. The molecule has 1 aromatic heterocycles. The van der Waals surface area contributed by atoms with Crippen molar-refractivity contribution in [1.29, 1.82) is 0 Å². The van der Waals surface area contributed by atoms with Crippen LogP contribution in [0.4, 0.5) is 4.39 Å². The molecular weight excluding hydrogens is 233 g/mol. The molecule has 0 saturated heterocycles. The third-order valence-electron chi connectivity index (χ3n) is 2.59. The van der Waals surface area contributed by atoms with Gasteiger partial charge in [0.2, 0.25) is 0 Å². The molecular formula is C13H14FN3O. The minimum atomic E-state index is -0.354. The molecule has 0 atom stereocenters. The van der Waals surface area contributed by atoms with E-state index >= 15 is 0 Å². The summed E-state index contributed by atoms with van der Waals surface area (Å²) < 4.78 is 14.6. The Kier molecular flexibility index (Phi) is 3.53. The van der Waals surface area contributed by atoms with Gasteiger partial charge in [0, 0.05) is 12.6 Å². The molecule has 0 fully saturated rings. The number of aryl methyl sites for hydroxylation is 1. The van der Waals surface area contributed by atoms with E-state index < -0.39 is 0 Å². The van der Waals surface area contributed by atoms with E-state index in [0.29, 0.717) is 11.1 Å². The lowest BCUT2D eigenvalue weighted by atomic mass is 10.1. The summed E-state index contributed by atoms with van der Waals surface area (Å²) in [4.78, 5) is 11.7. The van der Waals surface area contributed by atoms with Crippen molar-refractivity contribution < 1.29 is 4.39 Å². The summed E-state index contributed by atoms with van der Waals surface area (Å²) in [5.41, 5.74) is 7.46.